The third kappa shape index (κ3) is 3.90. The molecule has 4 nitrogen and oxygen atoms in total. The molecule has 2 aliphatic rings. The second kappa shape index (κ2) is 7.79. The van der Waals surface area contributed by atoms with Crippen LogP contribution in [0.15, 0.2) is 4.99 Å². The van der Waals surface area contributed by atoms with Crippen molar-refractivity contribution in [2.75, 3.05) is 38.2 Å². The lowest BCUT2D eigenvalue weighted by Gasteiger charge is -2.43. The van der Waals surface area contributed by atoms with Crippen LogP contribution >= 0.6 is 35.7 Å². The predicted octanol–water partition coefficient (Wildman–Crippen LogP) is 1.50. The van der Waals surface area contributed by atoms with Crippen LogP contribution in [0, 0.1) is 0 Å². The van der Waals surface area contributed by atoms with Crippen LogP contribution in [0.4, 0.5) is 0 Å². The van der Waals surface area contributed by atoms with Gasteiger partial charge in [-0.3, -0.25) is 9.89 Å². The lowest BCUT2D eigenvalue weighted by Crippen LogP contribution is -2.57. The van der Waals surface area contributed by atoms with E-state index < -0.39 is 0 Å². The third-order valence-corrected chi connectivity index (χ3v) is 5.00. The summed E-state index contributed by atoms with van der Waals surface area (Å²) in [5, 5.41) is 3.29. The molecular weight excluding hydrogens is 359 g/mol. The van der Waals surface area contributed by atoms with Crippen molar-refractivity contribution in [3.8, 4) is 0 Å². The summed E-state index contributed by atoms with van der Waals surface area (Å²) >= 11 is 2.07. The van der Waals surface area contributed by atoms with Crippen LogP contribution in [0.1, 0.15) is 25.7 Å². The molecule has 106 valence electrons. The van der Waals surface area contributed by atoms with Gasteiger partial charge in [0.25, 0.3) is 0 Å². The van der Waals surface area contributed by atoms with Crippen LogP contribution in [-0.4, -0.2) is 54.6 Å². The first-order valence-electron chi connectivity index (χ1n) is 6.56. The molecule has 0 spiro atoms. The van der Waals surface area contributed by atoms with Crippen LogP contribution in [-0.2, 0) is 0 Å². The molecule has 1 heterocycles. The fraction of sp³-hybridized carbons (Fsp3) is 0.917. The number of hydrogen-bond donors (Lipinski definition) is 2. The van der Waals surface area contributed by atoms with Gasteiger partial charge in [-0.1, -0.05) is 12.8 Å². The molecule has 0 radical (unpaired) electrons. The Balaban J connectivity index is 0.00000162. The largest absolute Gasteiger partial charge is 0.370 e. The molecule has 18 heavy (non-hydrogen) atoms. The van der Waals surface area contributed by atoms with E-state index in [1.807, 2.05) is 0 Å². The number of halogens is 1. The number of nitrogens with two attached hydrogens (primary N) is 1. The topological polar surface area (TPSA) is 53.6 Å². The molecule has 0 unspecified atom stereocenters. The number of aliphatic imine (C=N–C) groups is 1. The molecule has 1 saturated carbocycles. The highest BCUT2D eigenvalue weighted by atomic mass is 127. The molecular formula is C12H25IN4S. The van der Waals surface area contributed by atoms with Crippen molar-refractivity contribution in [2.45, 2.75) is 31.2 Å². The van der Waals surface area contributed by atoms with E-state index in [1.54, 1.807) is 7.05 Å². The molecule has 2 fully saturated rings. The summed E-state index contributed by atoms with van der Waals surface area (Å²) in [6.07, 6.45) is 5.33. The first-order chi connectivity index (χ1) is 8.27. The maximum absolute atomic E-state index is 5.76. The molecule has 0 amide bonds. The van der Waals surface area contributed by atoms with E-state index in [2.05, 4.69) is 27.0 Å². The van der Waals surface area contributed by atoms with E-state index in [-0.39, 0.29) is 24.0 Å². The van der Waals surface area contributed by atoms with Crippen molar-refractivity contribution < 1.29 is 0 Å². The molecule has 0 aromatic rings. The summed E-state index contributed by atoms with van der Waals surface area (Å²) in [6, 6.07) is 0. The van der Waals surface area contributed by atoms with Gasteiger partial charge >= 0.3 is 0 Å². The van der Waals surface area contributed by atoms with E-state index >= 15 is 0 Å². The Morgan fingerprint density at radius 2 is 1.94 bits per heavy atom. The molecule has 3 N–H and O–H groups in total. The van der Waals surface area contributed by atoms with Gasteiger partial charge in [0.1, 0.15) is 0 Å². The van der Waals surface area contributed by atoms with E-state index in [0.29, 0.717) is 11.5 Å². The molecule has 2 rings (SSSR count). The summed E-state index contributed by atoms with van der Waals surface area (Å²) in [5.74, 6) is 3.13. The molecule has 1 saturated heterocycles. The molecule has 0 bridgehead atoms. The minimum atomic E-state index is 0. The zero-order chi connectivity index (χ0) is 12.1. The molecule has 1 aliphatic carbocycles. The van der Waals surface area contributed by atoms with Gasteiger partial charge in [0, 0.05) is 43.7 Å². The average Bonchev–Trinajstić information content (AvgIpc) is 2.87. The number of hydrogen-bond acceptors (Lipinski definition) is 3. The first-order valence-corrected chi connectivity index (χ1v) is 7.71. The van der Waals surface area contributed by atoms with Crippen LogP contribution in [0.25, 0.3) is 0 Å². The van der Waals surface area contributed by atoms with Crippen LogP contribution in [0.5, 0.6) is 0 Å². The standard InChI is InChI=1S/C12H24N4S.HI/c1-14-11(13)15-10-12(4-2-3-5-12)16-6-8-17-9-7-16;/h2-10H2,1H3,(H3,13,14,15);1H. The lowest BCUT2D eigenvalue weighted by molar-refractivity contribution is 0.107. The molecule has 0 aromatic carbocycles. The van der Waals surface area contributed by atoms with Gasteiger partial charge < -0.3 is 11.1 Å². The van der Waals surface area contributed by atoms with E-state index in [4.69, 9.17) is 5.73 Å². The third-order valence-electron chi connectivity index (χ3n) is 4.06. The normalized spacial score (nSPS) is 24.6. The Kier molecular flexibility index (Phi) is 7.08. The Bertz CT molecular complexity index is 273. The smallest absolute Gasteiger partial charge is 0.188 e. The highest BCUT2D eigenvalue weighted by Crippen LogP contribution is 2.36. The molecule has 1 aliphatic heterocycles. The fourth-order valence-corrected chi connectivity index (χ4v) is 3.91. The highest BCUT2D eigenvalue weighted by Gasteiger charge is 2.39. The van der Waals surface area contributed by atoms with Crippen molar-refractivity contribution in [1.29, 1.82) is 0 Å². The van der Waals surface area contributed by atoms with Crippen LogP contribution in [0.2, 0.25) is 0 Å². The Hall–Kier alpha value is 0.310. The SMILES string of the molecule is CN=C(N)NCC1(N2CCSCC2)CCCC1.I. The average molecular weight is 384 g/mol. The van der Waals surface area contributed by atoms with Gasteiger partial charge in [-0.15, -0.1) is 24.0 Å². The number of guanidine groups is 1. The quantitative estimate of drug-likeness (QED) is 0.440. The lowest BCUT2D eigenvalue weighted by atomic mass is 9.94. The highest BCUT2D eigenvalue weighted by molar-refractivity contribution is 14.0. The fourth-order valence-electron chi connectivity index (χ4n) is 3.01. The zero-order valence-electron chi connectivity index (χ0n) is 11.2. The first kappa shape index (κ1) is 16.4. The van der Waals surface area contributed by atoms with Crippen molar-refractivity contribution in [3.05, 3.63) is 0 Å². The summed E-state index contributed by atoms with van der Waals surface area (Å²) in [7, 11) is 1.74. The van der Waals surface area contributed by atoms with E-state index in [0.717, 1.165) is 6.54 Å². The van der Waals surface area contributed by atoms with Crippen molar-refractivity contribution >= 4 is 41.7 Å². The predicted molar refractivity (Wildman–Crippen MR) is 91.1 cm³/mol. The van der Waals surface area contributed by atoms with Gasteiger partial charge in [-0.05, 0) is 12.8 Å². The molecule has 0 aromatic heterocycles. The maximum Gasteiger partial charge on any atom is 0.188 e. The Morgan fingerprint density at radius 1 is 1.33 bits per heavy atom. The minimum Gasteiger partial charge on any atom is -0.370 e. The minimum absolute atomic E-state index is 0. The van der Waals surface area contributed by atoms with Crippen LogP contribution in [0.3, 0.4) is 0 Å². The maximum atomic E-state index is 5.76. The number of thioether (sulfide) groups is 1. The Morgan fingerprint density at radius 3 is 2.50 bits per heavy atom. The van der Waals surface area contributed by atoms with Gasteiger partial charge in [0.15, 0.2) is 5.96 Å². The van der Waals surface area contributed by atoms with Gasteiger partial charge in [-0.2, -0.15) is 11.8 Å². The summed E-state index contributed by atoms with van der Waals surface area (Å²) < 4.78 is 0. The van der Waals surface area contributed by atoms with Crippen molar-refractivity contribution in [1.82, 2.24) is 10.2 Å². The van der Waals surface area contributed by atoms with Crippen LogP contribution < -0.4 is 11.1 Å². The number of nitrogens with one attached hydrogen (secondary N) is 1. The van der Waals surface area contributed by atoms with Gasteiger partial charge in [0.05, 0.1) is 0 Å². The van der Waals surface area contributed by atoms with Crippen molar-refractivity contribution in [2.24, 2.45) is 10.7 Å². The summed E-state index contributed by atoms with van der Waals surface area (Å²) in [4.78, 5) is 6.67. The van der Waals surface area contributed by atoms with Gasteiger partial charge in [0.2, 0.25) is 0 Å². The van der Waals surface area contributed by atoms with Crippen molar-refractivity contribution in [3.63, 3.8) is 0 Å². The molecule has 0 atom stereocenters. The number of rotatable bonds is 3. The zero-order valence-corrected chi connectivity index (χ0v) is 14.3. The second-order valence-corrected chi connectivity index (χ2v) is 6.22. The monoisotopic (exact) mass is 384 g/mol. The number of nitrogens with zero attached hydrogens (tertiary/aromatic N) is 2. The Labute approximate surface area is 132 Å². The molecule has 6 heteroatoms. The summed E-state index contributed by atoms with van der Waals surface area (Å²) in [6.45, 7) is 3.42. The van der Waals surface area contributed by atoms with Gasteiger partial charge in [-0.25, -0.2) is 0 Å². The van der Waals surface area contributed by atoms with E-state index in [9.17, 15) is 0 Å². The summed E-state index contributed by atoms with van der Waals surface area (Å²) in [5.41, 5.74) is 6.10. The second-order valence-electron chi connectivity index (χ2n) is 4.99. The van der Waals surface area contributed by atoms with E-state index in [1.165, 1.54) is 50.3 Å².